The maximum absolute atomic E-state index is 11.5. The molecule has 1 aliphatic rings. The van der Waals surface area contributed by atoms with Crippen molar-refractivity contribution in [2.45, 2.75) is 26.2 Å². The second kappa shape index (κ2) is 7.73. The van der Waals surface area contributed by atoms with Crippen molar-refractivity contribution in [2.24, 2.45) is 11.7 Å². The number of urea groups is 1. The Bertz CT molecular complexity index is 338. The normalized spacial score (nSPS) is 16.9. The molecule has 7 nitrogen and oxygen atoms in total. The molecule has 1 aliphatic heterocycles. The second-order valence-corrected chi connectivity index (χ2v) is 4.53. The highest BCUT2D eigenvalue weighted by Gasteiger charge is 2.25. The molecule has 3 N–H and O–H groups in total. The first kappa shape index (κ1) is 15.4. The lowest BCUT2D eigenvalue weighted by Gasteiger charge is -2.30. The van der Waals surface area contributed by atoms with Crippen LogP contribution >= 0.6 is 0 Å². The van der Waals surface area contributed by atoms with Crippen molar-refractivity contribution in [3.05, 3.63) is 0 Å². The van der Waals surface area contributed by atoms with Crippen LogP contribution in [0, 0.1) is 5.92 Å². The number of piperidine rings is 1. The largest absolute Gasteiger partial charge is 0.466 e. The van der Waals surface area contributed by atoms with E-state index in [1.54, 1.807) is 6.92 Å². The first-order valence-electron chi connectivity index (χ1n) is 6.51. The maximum Gasteiger partial charge on any atom is 0.318 e. The predicted molar refractivity (Wildman–Crippen MR) is 68.1 cm³/mol. The van der Waals surface area contributed by atoms with E-state index in [2.05, 4.69) is 4.90 Å². The van der Waals surface area contributed by atoms with E-state index in [0.29, 0.717) is 13.2 Å². The average Bonchev–Trinajstić information content (AvgIpc) is 2.36. The Kier molecular flexibility index (Phi) is 6.27. The minimum atomic E-state index is -0.828. The molecule has 0 bridgehead atoms. The maximum atomic E-state index is 11.5. The molecule has 1 rings (SSSR count). The van der Waals surface area contributed by atoms with Crippen LogP contribution in [0.15, 0.2) is 0 Å². The number of amides is 3. The molecule has 7 heteroatoms. The SMILES string of the molecule is CCOC(=O)C1CCN(CCC(=O)NC(N)=O)CC1. The molecule has 1 heterocycles. The van der Waals surface area contributed by atoms with Crippen molar-refractivity contribution < 1.29 is 19.1 Å². The topological polar surface area (TPSA) is 102 Å². The van der Waals surface area contributed by atoms with Gasteiger partial charge in [0.25, 0.3) is 0 Å². The van der Waals surface area contributed by atoms with Gasteiger partial charge in [0.1, 0.15) is 0 Å². The fourth-order valence-corrected chi connectivity index (χ4v) is 2.11. The van der Waals surface area contributed by atoms with Crippen LogP contribution in [0.25, 0.3) is 0 Å². The van der Waals surface area contributed by atoms with Crippen LogP contribution in [0.1, 0.15) is 26.2 Å². The Morgan fingerprint density at radius 1 is 1.32 bits per heavy atom. The van der Waals surface area contributed by atoms with E-state index < -0.39 is 6.03 Å². The van der Waals surface area contributed by atoms with Crippen molar-refractivity contribution in [1.29, 1.82) is 0 Å². The van der Waals surface area contributed by atoms with E-state index >= 15 is 0 Å². The summed E-state index contributed by atoms with van der Waals surface area (Å²) in [6.45, 7) is 4.28. The number of nitrogens with two attached hydrogens (primary N) is 1. The molecule has 0 aromatic heterocycles. The minimum absolute atomic E-state index is 0.0318. The van der Waals surface area contributed by atoms with Gasteiger partial charge in [-0.05, 0) is 32.9 Å². The molecular weight excluding hydrogens is 250 g/mol. The number of carbonyl (C=O) groups is 3. The minimum Gasteiger partial charge on any atom is -0.466 e. The highest BCUT2D eigenvalue weighted by Crippen LogP contribution is 2.18. The number of primary amides is 1. The van der Waals surface area contributed by atoms with Crippen molar-refractivity contribution >= 4 is 17.9 Å². The summed E-state index contributed by atoms with van der Waals surface area (Å²) in [5.41, 5.74) is 4.85. The number of nitrogens with zero attached hydrogens (tertiary/aromatic N) is 1. The standard InChI is InChI=1S/C12H21N3O4/c1-2-19-11(17)9-3-6-15(7-4-9)8-5-10(16)14-12(13)18/h9H,2-8H2,1H3,(H3,13,14,16,18). The summed E-state index contributed by atoms with van der Waals surface area (Å²) in [4.78, 5) is 35.3. The van der Waals surface area contributed by atoms with Crippen molar-refractivity contribution in [1.82, 2.24) is 10.2 Å². The van der Waals surface area contributed by atoms with Crippen LogP contribution in [0.2, 0.25) is 0 Å². The van der Waals surface area contributed by atoms with Crippen LogP contribution in [0.3, 0.4) is 0 Å². The third-order valence-electron chi connectivity index (χ3n) is 3.13. The van der Waals surface area contributed by atoms with E-state index in [0.717, 1.165) is 25.9 Å². The molecule has 0 atom stereocenters. The first-order valence-corrected chi connectivity index (χ1v) is 6.51. The van der Waals surface area contributed by atoms with Gasteiger partial charge in [-0.15, -0.1) is 0 Å². The number of hydrogen-bond donors (Lipinski definition) is 2. The lowest BCUT2D eigenvalue weighted by molar-refractivity contribution is -0.149. The van der Waals surface area contributed by atoms with Gasteiger partial charge in [0.05, 0.1) is 12.5 Å². The average molecular weight is 271 g/mol. The van der Waals surface area contributed by atoms with Crippen LogP contribution in [-0.2, 0) is 14.3 Å². The summed E-state index contributed by atoms with van der Waals surface area (Å²) < 4.78 is 4.99. The van der Waals surface area contributed by atoms with Crippen molar-refractivity contribution in [3.63, 3.8) is 0 Å². The Hall–Kier alpha value is -1.63. The molecule has 3 amide bonds. The van der Waals surface area contributed by atoms with Crippen molar-refractivity contribution in [3.8, 4) is 0 Å². The lowest BCUT2D eigenvalue weighted by Crippen LogP contribution is -2.40. The fourth-order valence-electron chi connectivity index (χ4n) is 2.11. The quantitative estimate of drug-likeness (QED) is 0.677. The van der Waals surface area contributed by atoms with E-state index in [1.165, 1.54) is 0 Å². The molecule has 0 unspecified atom stereocenters. The number of esters is 1. The zero-order valence-electron chi connectivity index (χ0n) is 11.2. The molecule has 0 spiro atoms. The zero-order valence-corrected chi connectivity index (χ0v) is 11.2. The molecule has 0 radical (unpaired) electrons. The summed E-state index contributed by atoms with van der Waals surface area (Å²) in [5, 5.41) is 2.03. The van der Waals surface area contributed by atoms with Gasteiger partial charge in [-0.3, -0.25) is 14.9 Å². The smallest absolute Gasteiger partial charge is 0.318 e. The summed E-state index contributed by atoms with van der Waals surface area (Å²) in [6, 6.07) is -0.828. The molecule has 0 aromatic carbocycles. The number of likely N-dealkylation sites (tertiary alicyclic amines) is 1. The van der Waals surface area contributed by atoms with E-state index in [-0.39, 0.29) is 24.2 Å². The van der Waals surface area contributed by atoms with Gasteiger partial charge in [0.2, 0.25) is 5.91 Å². The van der Waals surface area contributed by atoms with Gasteiger partial charge < -0.3 is 15.4 Å². The second-order valence-electron chi connectivity index (χ2n) is 4.53. The van der Waals surface area contributed by atoms with Gasteiger partial charge in [-0.1, -0.05) is 0 Å². The molecule has 108 valence electrons. The molecule has 0 saturated carbocycles. The number of nitrogens with one attached hydrogen (secondary N) is 1. The van der Waals surface area contributed by atoms with Crippen LogP contribution in [0.4, 0.5) is 4.79 Å². The van der Waals surface area contributed by atoms with E-state index in [4.69, 9.17) is 10.5 Å². The van der Waals surface area contributed by atoms with Crippen LogP contribution in [0.5, 0.6) is 0 Å². The predicted octanol–water partition coefficient (Wildman–Crippen LogP) is -0.153. The fraction of sp³-hybridized carbons (Fsp3) is 0.750. The monoisotopic (exact) mass is 271 g/mol. The van der Waals surface area contributed by atoms with Crippen molar-refractivity contribution in [2.75, 3.05) is 26.2 Å². The molecule has 0 aliphatic carbocycles. The zero-order chi connectivity index (χ0) is 14.3. The third kappa shape index (κ3) is 5.69. The molecule has 1 saturated heterocycles. The summed E-state index contributed by atoms with van der Waals surface area (Å²) >= 11 is 0. The van der Waals surface area contributed by atoms with Crippen LogP contribution < -0.4 is 11.1 Å². The Morgan fingerprint density at radius 2 is 1.95 bits per heavy atom. The molecule has 0 aromatic rings. The number of imide groups is 1. The van der Waals surface area contributed by atoms with E-state index in [1.807, 2.05) is 5.32 Å². The Morgan fingerprint density at radius 3 is 2.47 bits per heavy atom. The van der Waals surface area contributed by atoms with Gasteiger partial charge >= 0.3 is 12.0 Å². The van der Waals surface area contributed by atoms with Crippen LogP contribution in [-0.4, -0.2) is 49.0 Å². The number of ether oxygens (including phenoxy) is 1. The van der Waals surface area contributed by atoms with Gasteiger partial charge in [-0.2, -0.15) is 0 Å². The molecular formula is C12H21N3O4. The van der Waals surface area contributed by atoms with E-state index in [9.17, 15) is 14.4 Å². The van der Waals surface area contributed by atoms with Gasteiger partial charge in [-0.25, -0.2) is 4.79 Å². The lowest BCUT2D eigenvalue weighted by atomic mass is 9.97. The first-order chi connectivity index (χ1) is 9.02. The van der Waals surface area contributed by atoms with Gasteiger partial charge in [0.15, 0.2) is 0 Å². The summed E-state index contributed by atoms with van der Waals surface area (Å²) in [5.74, 6) is -0.538. The highest BCUT2D eigenvalue weighted by molar-refractivity contribution is 5.93. The Labute approximate surface area is 112 Å². The summed E-state index contributed by atoms with van der Waals surface area (Å²) in [6.07, 6.45) is 1.72. The summed E-state index contributed by atoms with van der Waals surface area (Å²) in [7, 11) is 0. The van der Waals surface area contributed by atoms with Gasteiger partial charge in [0, 0.05) is 13.0 Å². The number of hydrogen-bond acceptors (Lipinski definition) is 5. The number of rotatable bonds is 5. The molecule has 19 heavy (non-hydrogen) atoms. The highest BCUT2D eigenvalue weighted by atomic mass is 16.5. The molecule has 1 fully saturated rings. The third-order valence-corrected chi connectivity index (χ3v) is 3.13. The Balaban J connectivity index is 2.21. The number of carbonyl (C=O) groups excluding carboxylic acids is 3.